The lowest BCUT2D eigenvalue weighted by atomic mass is 10.1. The first kappa shape index (κ1) is 17.0. The van der Waals surface area contributed by atoms with E-state index in [9.17, 15) is 4.79 Å². The normalized spacial score (nSPS) is 9.95. The minimum Gasteiger partial charge on any atom is -0.496 e. The summed E-state index contributed by atoms with van der Waals surface area (Å²) in [6.45, 7) is 1.16. The van der Waals surface area contributed by atoms with Gasteiger partial charge in [-0.05, 0) is 25.2 Å². The number of aliphatic hydroxyl groups is 1. The van der Waals surface area contributed by atoms with Crippen LogP contribution in [0.4, 0.5) is 0 Å². The van der Waals surface area contributed by atoms with Crippen LogP contribution in [0.3, 0.4) is 0 Å². The maximum Gasteiger partial charge on any atom is 0.221 e. The molecule has 0 unspecified atom stereocenters. The Morgan fingerprint density at radius 1 is 1.48 bits per heavy atom. The van der Waals surface area contributed by atoms with E-state index < -0.39 is 0 Å². The highest BCUT2D eigenvalue weighted by Crippen LogP contribution is 2.21. The molecule has 1 amide bonds. The van der Waals surface area contributed by atoms with Gasteiger partial charge in [0.05, 0.1) is 7.11 Å². The van der Waals surface area contributed by atoms with Crippen LogP contribution < -0.4 is 10.1 Å². The summed E-state index contributed by atoms with van der Waals surface area (Å²) in [7, 11) is 5.21. The van der Waals surface area contributed by atoms with Crippen LogP contribution in [0.15, 0.2) is 18.2 Å². The number of aliphatic hydroxyl groups excluding tert-OH is 1. The van der Waals surface area contributed by atoms with Crippen molar-refractivity contribution in [2.24, 2.45) is 0 Å². The van der Waals surface area contributed by atoms with Gasteiger partial charge in [-0.3, -0.25) is 4.79 Å². The topological polar surface area (TPSA) is 61.8 Å². The van der Waals surface area contributed by atoms with Gasteiger partial charge in [0, 0.05) is 37.7 Å². The predicted molar refractivity (Wildman–Crippen MR) is 82.0 cm³/mol. The molecule has 0 heterocycles. The van der Waals surface area contributed by atoms with Crippen LogP contribution in [-0.2, 0) is 11.3 Å². The minimum absolute atomic E-state index is 0.0244. The Morgan fingerprint density at radius 2 is 2.24 bits per heavy atom. The molecular weight excluding hydrogens is 268 g/mol. The number of nitrogens with zero attached hydrogens (tertiary/aromatic N) is 1. The first-order valence-electron chi connectivity index (χ1n) is 6.76. The van der Waals surface area contributed by atoms with Crippen molar-refractivity contribution in [2.75, 3.05) is 34.4 Å². The van der Waals surface area contributed by atoms with Crippen molar-refractivity contribution in [1.29, 1.82) is 0 Å². The smallest absolute Gasteiger partial charge is 0.221 e. The van der Waals surface area contributed by atoms with E-state index in [0.717, 1.165) is 16.9 Å². The van der Waals surface area contributed by atoms with E-state index in [0.29, 0.717) is 19.5 Å². The van der Waals surface area contributed by atoms with Crippen molar-refractivity contribution >= 4 is 5.91 Å². The molecule has 5 heteroatoms. The average molecular weight is 290 g/mol. The van der Waals surface area contributed by atoms with E-state index in [2.05, 4.69) is 22.1 Å². The zero-order valence-electron chi connectivity index (χ0n) is 12.8. The number of hydrogen-bond donors (Lipinski definition) is 2. The van der Waals surface area contributed by atoms with Gasteiger partial charge in [0.2, 0.25) is 5.91 Å². The monoisotopic (exact) mass is 290 g/mol. The molecule has 0 aliphatic carbocycles. The van der Waals surface area contributed by atoms with Crippen LogP contribution >= 0.6 is 0 Å². The first-order valence-corrected chi connectivity index (χ1v) is 6.76. The van der Waals surface area contributed by atoms with Gasteiger partial charge in [-0.25, -0.2) is 0 Å². The number of methoxy groups -OCH3 is 1. The van der Waals surface area contributed by atoms with Gasteiger partial charge in [-0.1, -0.05) is 11.8 Å². The van der Waals surface area contributed by atoms with Crippen LogP contribution in [0, 0.1) is 11.8 Å². The molecule has 2 N–H and O–H groups in total. The number of benzene rings is 1. The summed E-state index contributed by atoms with van der Waals surface area (Å²) >= 11 is 0. The van der Waals surface area contributed by atoms with Crippen LogP contribution in [0.25, 0.3) is 0 Å². The van der Waals surface area contributed by atoms with Gasteiger partial charge < -0.3 is 20.1 Å². The Kier molecular flexibility index (Phi) is 7.30. The molecule has 0 saturated carbocycles. The summed E-state index contributed by atoms with van der Waals surface area (Å²) in [5, 5.41) is 11.4. The molecule has 0 spiro atoms. The number of carbonyl (C=O) groups is 1. The zero-order valence-corrected chi connectivity index (χ0v) is 12.8. The highest BCUT2D eigenvalue weighted by atomic mass is 16.5. The molecular formula is C16H22N2O3. The van der Waals surface area contributed by atoms with Gasteiger partial charge >= 0.3 is 0 Å². The molecule has 0 aromatic heterocycles. The summed E-state index contributed by atoms with van der Waals surface area (Å²) < 4.78 is 5.35. The third-order valence-corrected chi connectivity index (χ3v) is 3.03. The summed E-state index contributed by atoms with van der Waals surface area (Å²) in [4.78, 5) is 13.3. The molecule has 0 aliphatic rings. The standard InChI is InChI=1S/C16H22N2O3/c1-17-16(20)8-9-18(2)12-14-11-13(5-4-10-19)6-7-15(14)21-3/h6-7,11,19H,8-10,12H2,1-3H3,(H,17,20). The second-order valence-electron chi connectivity index (χ2n) is 4.65. The SMILES string of the molecule is CNC(=O)CCN(C)Cc1cc(C#CCO)ccc1OC. The lowest BCUT2D eigenvalue weighted by Crippen LogP contribution is -2.26. The molecule has 1 rings (SSSR count). The number of hydrogen-bond acceptors (Lipinski definition) is 4. The molecule has 1 aromatic carbocycles. The Bertz CT molecular complexity index is 532. The third-order valence-electron chi connectivity index (χ3n) is 3.03. The zero-order chi connectivity index (χ0) is 15.7. The maximum absolute atomic E-state index is 11.3. The number of amides is 1. The van der Waals surface area contributed by atoms with E-state index >= 15 is 0 Å². The van der Waals surface area contributed by atoms with E-state index in [4.69, 9.17) is 9.84 Å². The van der Waals surface area contributed by atoms with Gasteiger partial charge in [0.1, 0.15) is 12.4 Å². The summed E-state index contributed by atoms with van der Waals surface area (Å²) in [6, 6.07) is 5.66. The van der Waals surface area contributed by atoms with Crippen LogP contribution in [0.1, 0.15) is 17.5 Å². The molecule has 0 atom stereocenters. The quantitative estimate of drug-likeness (QED) is 0.754. The molecule has 1 aromatic rings. The van der Waals surface area contributed by atoms with Gasteiger partial charge in [0.25, 0.3) is 0 Å². The molecule has 114 valence electrons. The molecule has 0 saturated heterocycles. The highest BCUT2D eigenvalue weighted by Gasteiger charge is 2.08. The Hall–Kier alpha value is -2.03. The van der Waals surface area contributed by atoms with Crippen LogP contribution in [0.5, 0.6) is 5.75 Å². The number of ether oxygens (including phenoxy) is 1. The number of rotatable bonds is 6. The van der Waals surface area contributed by atoms with E-state index in [1.54, 1.807) is 14.2 Å². The molecule has 0 radical (unpaired) electrons. The van der Waals surface area contributed by atoms with Gasteiger partial charge in [-0.2, -0.15) is 0 Å². The Morgan fingerprint density at radius 3 is 2.86 bits per heavy atom. The Labute approximate surface area is 125 Å². The average Bonchev–Trinajstić information content (AvgIpc) is 2.50. The van der Waals surface area contributed by atoms with E-state index in [1.807, 2.05) is 25.2 Å². The highest BCUT2D eigenvalue weighted by molar-refractivity contribution is 5.75. The fourth-order valence-corrected chi connectivity index (χ4v) is 1.91. The van der Waals surface area contributed by atoms with E-state index in [1.165, 1.54) is 0 Å². The first-order chi connectivity index (χ1) is 10.1. The second-order valence-corrected chi connectivity index (χ2v) is 4.65. The lowest BCUT2D eigenvalue weighted by Gasteiger charge is -2.18. The maximum atomic E-state index is 11.3. The molecule has 0 aliphatic heterocycles. The second kappa shape index (κ2) is 9.01. The van der Waals surface area contributed by atoms with Gasteiger partial charge in [0.15, 0.2) is 0 Å². The summed E-state index contributed by atoms with van der Waals surface area (Å²) in [5.41, 5.74) is 1.83. The number of carbonyl (C=O) groups excluding carboxylic acids is 1. The van der Waals surface area contributed by atoms with Crippen molar-refractivity contribution in [1.82, 2.24) is 10.2 Å². The third kappa shape index (κ3) is 5.86. The van der Waals surface area contributed by atoms with Crippen molar-refractivity contribution in [3.63, 3.8) is 0 Å². The Balaban J connectivity index is 2.77. The lowest BCUT2D eigenvalue weighted by molar-refractivity contribution is -0.120. The summed E-state index contributed by atoms with van der Waals surface area (Å²) in [5.74, 6) is 6.32. The fraction of sp³-hybridized carbons (Fsp3) is 0.438. The molecule has 21 heavy (non-hydrogen) atoms. The van der Waals surface area contributed by atoms with Crippen molar-refractivity contribution in [3.8, 4) is 17.6 Å². The van der Waals surface area contributed by atoms with E-state index in [-0.39, 0.29) is 12.5 Å². The van der Waals surface area contributed by atoms with Gasteiger partial charge in [-0.15, -0.1) is 0 Å². The van der Waals surface area contributed by atoms with Crippen molar-refractivity contribution in [3.05, 3.63) is 29.3 Å². The fourth-order valence-electron chi connectivity index (χ4n) is 1.91. The number of nitrogens with one attached hydrogen (secondary N) is 1. The molecule has 0 fully saturated rings. The van der Waals surface area contributed by atoms with Crippen molar-refractivity contribution < 1.29 is 14.6 Å². The van der Waals surface area contributed by atoms with Crippen LogP contribution in [0.2, 0.25) is 0 Å². The summed E-state index contributed by atoms with van der Waals surface area (Å²) in [6.07, 6.45) is 0.458. The predicted octanol–water partition coefficient (Wildman–Crippen LogP) is 0.607. The van der Waals surface area contributed by atoms with Crippen molar-refractivity contribution in [2.45, 2.75) is 13.0 Å². The van der Waals surface area contributed by atoms with Crippen LogP contribution in [-0.4, -0.2) is 50.3 Å². The minimum atomic E-state index is -0.159. The molecule has 0 bridgehead atoms. The largest absolute Gasteiger partial charge is 0.496 e. The molecule has 5 nitrogen and oxygen atoms in total.